The molecule has 0 saturated heterocycles. The molecule has 0 aliphatic carbocycles. The van der Waals surface area contributed by atoms with Crippen LogP contribution < -0.4 is 0 Å². The standard InChI is InChI=1S/C13H22ClNO/c1-5-7-11(12(14)8-6-2)9-10-13(16)15(3)4/h9-10H,5-8H2,1-4H3/b10-9+,12-11-. The van der Waals surface area contributed by atoms with Gasteiger partial charge in [0.05, 0.1) is 0 Å². The van der Waals surface area contributed by atoms with Crippen molar-refractivity contribution in [1.29, 1.82) is 0 Å². The van der Waals surface area contributed by atoms with Crippen LogP contribution >= 0.6 is 11.6 Å². The molecular formula is C13H22ClNO. The first-order valence-electron chi connectivity index (χ1n) is 5.79. The predicted octanol–water partition coefficient (Wildman–Crippen LogP) is 3.72. The number of rotatable bonds is 6. The highest BCUT2D eigenvalue weighted by Crippen LogP contribution is 2.20. The summed E-state index contributed by atoms with van der Waals surface area (Å²) in [4.78, 5) is 13.0. The fourth-order valence-corrected chi connectivity index (χ4v) is 1.63. The molecule has 0 aromatic rings. The van der Waals surface area contributed by atoms with Gasteiger partial charge >= 0.3 is 0 Å². The van der Waals surface area contributed by atoms with Crippen LogP contribution in [0, 0.1) is 0 Å². The summed E-state index contributed by atoms with van der Waals surface area (Å²) in [7, 11) is 3.48. The predicted molar refractivity (Wildman–Crippen MR) is 70.5 cm³/mol. The van der Waals surface area contributed by atoms with E-state index in [-0.39, 0.29) is 5.91 Å². The van der Waals surface area contributed by atoms with Crippen LogP contribution in [0.1, 0.15) is 39.5 Å². The van der Waals surface area contributed by atoms with Crippen LogP contribution in [0.2, 0.25) is 0 Å². The van der Waals surface area contributed by atoms with E-state index in [4.69, 9.17) is 11.6 Å². The Labute approximate surface area is 104 Å². The maximum absolute atomic E-state index is 11.4. The molecule has 0 N–H and O–H groups in total. The molecule has 0 heterocycles. The molecule has 1 amide bonds. The number of allylic oxidation sites excluding steroid dienone is 3. The van der Waals surface area contributed by atoms with Crippen LogP contribution in [-0.4, -0.2) is 24.9 Å². The minimum Gasteiger partial charge on any atom is -0.345 e. The Bertz CT molecular complexity index is 280. The van der Waals surface area contributed by atoms with Gasteiger partial charge in [0.25, 0.3) is 0 Å². The van der Waals surface area contributed by atoms with E-state index in [0.29, 0.717) is 0 Å². The minimum absolute atomic E-state index is 0.00503. The minimum atomic E-state index is -0.00503. The van der Waals surface area contributed by atoms with Gasteiger partial charge in [-0.05, 0) is 18.4 Å². The van der Waals surface area contributed by atoms with Crippen molar-refractivity contribution >= 4 is 17.5 Å². The van der Waals surface area contributed by atoms with Gasteiger partial charge in [-0.25, -0.2) is 0 Å². The van der Waals surface area contributed by atoms with Crippen molar-refractivity contribution in [1.82, 2.24) is 4.90 Å². The smallest absolute Gasteiger partial charge is 0.246 e. The summed E-state index contributed by atoms with van der Waals surface area (Å²) in [5, 5.41) is 0.882. The van der Waals surface area contributed by atoms with Crippen LogP contribution in [0.3, 0.4) is 0 Å². The van der Waals surface area contributed by atoms with Crippen molar-refractivity contribution in [3.05, 3.63) is 22.8 Å². The van der Waals surface area contributed by atoms with Crippen molar-refractivity contribution in [2.75, 3.05) is 14.1 Å². The Morgan fingerprint density at radius 1 is 1.12 bits per heavy atom. The molecule has 0 unspecified atom stereocenters. The molecule has 0 aromatic carbocycles. The highest BCUT2D eigenvalue weighted by atomic mass is 35.5. The number of hydrogen-bond acceptors (Lipinski definition) is 1. The van der Waals surface area contributed by atoms with E-state index in [1.54, 1.807) is 25.1 Å². The van der Waals surface area contributed by atoms with Crippen molar-refractivity contribution < 1.29 is 4.79 Å². The molecule has 2 nitrogen and oxygen atoms in total. The second-order valence-corrected chi connectivity index (χ2v) is 4.45. The zero-order valence-corrected chi connectivity index (χ0v) is 11.5. The molecule has 0 atom stereocenters. The van der Waals surface area contributed by atoms with Crippen LogP contribution in [-0.2, 0) is 4.79 Å². The van der Waals surface area contributed by atoms with Gasteiger partial charge in [0, 0.05) is 25.2 Å². The van der Waals surface area contributed by atoms with Gasteiger partial charge in [-0.15, -0.1) is 0 Å². The number of amides is 1. The average molecular weight is 244 g/mol. The Kier molecular flexibility index (Phi) is 8.00. The SMILES string of the molecule is CCC/C(Cl)=C(/C=C/C(=O)N(C)C)CCC. The summed E-state index contributed by atoms with van der Waals surface area (Å²) in [5.41, 5.74) is 1.08. The largest absolute Gasteiger partial charge is 0.345 e. The third-order valence-corrected chi connectivity index (χ3v) is 2.64. The lowest BCUT2D eigenvalue weighted by Gasteiger charge is -2.07. The quantitative estimate of drug-likeness (QED) is 0.514. The third-order valence-electron chi connectivity index (χ3n) is 2.21. The van der Waals surface area contributed by atoms with Gasteiger partial charge < -0.3 is 4.90 Å². The maximum atomic E-state index is 11.4. The molecule has 0 bridgehead atoms. The summed E-state index contributed by atoms with van der Waals surface area (Å²) >= 11 is 6.19. The number of hydrogen-bond donors (Lipinski definition) is 0. The van der Waals surface area contributed by atoms with E-state index in [0.717, 1.165) is 36.3 Å². The first-order chi connectivity index (χ1) is 7.52. The van der Waals surface area contributed by atoms with Crippen LogP contribution in [0.25, 0.3) is 0 Å². The van der Waals surface area contributed by atoms with Crippen molar-refractivity contribution in [3.63, 3.8) is 0 Å². The second kappa shape index (κ2) is 8.40. The van der Waals surface area contributed by atoms with Crippen LogP contribution in [0.15, 0.2) is 22.8 Å². The lowest BCUT2D eigenvalue weighted by Crippen LogP contribution is -2.18. The third kappa shape index (κ3) is 5.96. The number of carbonyl (C=O) groups excluding carboxylic acids is 1. The highest BCUT2D eigenvalue weighted by molar-refractivity contribution is 6.30. The van der Waals surface area contributed by atoms with Gasteiger partial charge in [0.2, 0.25) is 5.91 Å². The monoisotopic (exact) mass is 243 g/mol. The summed E-state index contributed by atoms with van der Waals surface area (Å²) in [6.07, 6.45) is 7.32. The van der Waals surface area contributed by atoms with Gasteiger partial charge in [0.15, 0.2) is 0 Å². The molecule has 0 fully saturated rings. The lowest BCUT2D eigenvalue weighted by molar-refractivity contribution is -0.123. The normalized spacial score (nSPS) is 12.8. The molecule has 92 valence electrons. The Morgan fingerprint density at radius 3 is 2.12 bits per heavy atom. The van der Waals surface area contributed by atoms with Gasteiger partial charge in [-0.1, -0.05) is 44.4 Å². The highest BCUT2D eigenvalue weighted by Gasteiger charge is 2.02. The van der Waals surface area contributed by atoms with Crippen molar-refractivity contribution in [2.45, 2.75) is 39.5 Å². The molecule has 0 saturated carbocycles. The summed E-state index contributed by atoms with van der Waals surface area (Å²) in [6, 6.07) is 0. The van der Waals surface area contributed by atoms with Crippen LogP contribution in [0.5, 0.6) is 0 Å². The van der Waals surface area contributed by atoms with E-state index in [1.165, 1.54) is 0 Å². The lowest BCUT2D eigenvalue weighted by atomic mass is 10.1. The fourth-order valence-electron chi connectivity index (χ4n) is 1.28. The molecule has 0 rings (SSSR count). The maximum Gasteiger partial charge on any atom is 0.246 e. The second-order valence-electron chi connectivity index (χ2n) is 4.00. The topological polar surface area (TPSA) is 20.3 Å². The zero-order valence-electron chi connectivity index (χ0n) is 10.7. The first-order valence-corrected chi connectivity index (χ1v) is 6.17. The first kappa shape index (κ1) is 15.2. The fraction of sp³-hybridized carbons (Fsp3) is 0.615. The van der Waals surface area contributed by atoms with E-state index in [1.807, 2.05) is 6.08 Å². The molecule has 0 radical (unpaired) electrons. The number of likely N-dealkylation sites (N-methyl/N-ethyl adjacent to an activating group) is 1. The molecule has 0 aromatic heterocycles. The summed E-state index contributed by atoms with van der Waals surface area (Å²) in [6.45, 7) is 4.21. The molecule has 0 aliphatic rings. The molecule has 3 heteroatoms. The van der Waals surface area contributed by atoms with Crippen LogP contribution in [0.4, 0.5) is 0 Å². The molecular weight excluding hydrogens is 222 g/mol. The zero-order chi connectivity index (χ0) is 12.6. The van der Waals surface area contributed by atoms with E-state index in [2.05, 4.69) is 13.8 Å². The number of halogens is 1. The Balaban J connectivity index is 4.68. The molecule has 16 heavy (non-hydrogen) atoms. The number of nitrogens with zero attached hydrogens (tertiary/aromatic N) is 1. The van der Waals surface area contributed by atoms with Gasteiger partial charge in [-0.3, -0.25) is 4.79 Å². The molecule has 0 spiro atoms. The van der Waals surface area contributed by atoms with Crippen molar-refractivity contribution in [3.8, 4) is 0 Å². The van der Waals surface area contributed by atoms with E-state index < -0.39 is 0 Å². The summed E-state index contributed by atoms with van der Waals surface area (Å²) < 4.78 is 0. The van der Waals surface area contributed by atoms with E-state index in [9.17, 15) is 4.79 Å². The average Bonchev–Trinajstić information content (AvgIpc) is 2.23. The van der Waals surface area contributed by atoms with Crippen molar-refractivity contribution in [2.24, 2.45) is 0 Å². The Hall–Kier alpha value is -0.760. The van der Waals surface area contributed by atoms with Gasteiger partial charge in [-0.2, -0.15) is 0 Å². The molecule has 0 aliphatic heterocycles. The van der Waals surface area contributed by atoms with Gasteiger partial charge in [0.1, 0.15) is 0 Å². The number of carbonyl (C=O) groups is 1. The summed E-state index contributed by atoms with van der Waals surface area (Å²) in [5.74, 6) is -0.00503. The van der Waals surface area contributed by atoms with E-state index >= 15 is 0 Å². The Morgan fingerprint density at radius 2 is 1.69 bits per heavy atom.